The molecule has 0 bridgehead atoms. The van der Waals surface area contributed by atoms with Gasteiger partial charge in [0.1, 0.15) is 5.82 Å². The molecule has 1 aliphatic heterocycles. The van der Waals surface area contributed by atoms with E-state index in [2.05, 4.69) is 39.2 Å². The number of anilines is 3. The van der Waals surface area contributed by atoms with Crippen molar-refractivity contribution in [2.24, 2.45) is 5.73 Å². The Bertz CT molecular complexity index is 777. The lowest BCUT2D eigenvalue weighted by Crippen LogP contribution is -2.43. The van der Waals surface area contributed by atoms with Gasteiger partial charge in [-0.25, -0.2) is 4.98 Å². The number of piperidine rings is 1. The predicted octanol–water partition coefficient (Wildman–Crippen LogP) is 3.82. The molecule has 27 heavy (non-hydrogen) atoms. The number of hydrogen-bond donors (Lipinski definition) is 2. The maximum atomic E-state index is 9.05. The van der Waals surface area contributed by atoms with Crippen LogP contribution < -0.4 is 16.0 Å². The van der Waals surface area contributed by atoms with Gasteiger partial charge in [-0.05, 0) is 37.5 Å². The Morgan fingerprint density at radius 2 is 2.11 bits per heavy atom. The van der Waals surface area contributed by atoms with Crippen molar-refractivity contribution in [1.82, 2.24) is 9.97 Å². The zero-order valence-electron chi connectivity index (χ0n) is 15.4. The van der Waals surface area contributed by atoms with E-state index < -0.39 is 0 Å². The molecule has 0 spiro atoms. The number of rotatable bonds is 5. The molecule has 2 aromatic rings. The molecule has 0 unspecified atom stereocenters. The summed E-state index contributed by atoms with van der Waals surface area (Å²) in [5.41, 5.74) is 8.56. The highest BCUT2D eigenvalue weighted by Gasteiger charge is 2.19. The number of hydrogen-bond acceptors (Lipinski definition) is 6. The number of nitrogens with zero attached hydrogens (tertiary/aromatic N) is 4. The first-order valence-electron chi connectivity index (χ1n) is 8.83. The van der Waals surface area contributed by atoms with Gasteiger partial charge in [0.15, 0.2) is 0 Å². The molecule has 8 heteroatoms. The van der Waals surface area contributed by atoms with E-state index in [1.54, 1.807) is 12.1 Å². The molecule has 6 nitrogen and oxygen atoms in total. The van der Waals surface area contributed by atoms with E-state index in [1.807, 2.05) is 12.1 Å². The Morgan fingerprint density at radius 1 is 1.30 bits per heavy atom. The Morgan fingerprint density at radius 3 is 2.81 bits per heavy atom. The smallest absolute Gasteiger partial charge is 0.229 e. The minimum absolute atomic E-state index is 0. The van der Waals surface area contributed by atoms with Crippen molar-refractivity contribution >= 4 is 42.3 Å². The third-order valence-corrected chi connectivity index (χ3v) is 4.30. The van der Waals surface area contributed by atoms with Crippen LogP contribution in [0.3, 0.4) is 0 Å². The van der Waals surface area contributed by atoms with Crippen molar-refractivity contribution in [3.63, 3.8) is 0 Å². The lowest BCUT2D eigenvalue weighted by molar-refractivity contribution is 0.503. The van der Waals surface area contributed by atoms with E-state index in [0.29, 0.717) is 11.5 Å². The van der Waals surface area contributed by atoms with Crippen LogP contribution in [0.25, 0.3) is 0 Å². The van der Waals surface area contributed by atoms with E-state index in [0.717, 1.165) is 56.0 Å². The fraction of sp³-hybridized carbons (Fsp3) is 0.421. The molecule has 2 heterocycles. The Kier molecular flexibility index (Phi) is 9.30. The summed E-state index contributed by atoms with van der Waals surface area (Å²) < 4.78 is 0. The minimum atomic E-state index is 0. The number of nitrogens with one attached hydrogen (secondary N) is 1. The van der Waals surface area contributed by atoms with Gasteiger partial charge < -0.3 is 16.0 Å². The van der Waals surface area contributed by atoms with E-state index in [4.69, 9.17) is 11.0 Å². The monoisotopic (exact) mass is 408 g/mol. The fourth-order valence-electron chi connectivity index (χ4n) is 3.10. The first-order chi connectivity index (χ1) is 12.2. The second kappa shape index (κ2) is 10.9. The molecule has 0 aliphatic carbocycles. The summed E-state index contributed by atoms with van der Waals surface area (Å²) in [7, 11) is 0. The summed E-state index contributed by atoms with van der Waals surface area (Å²) in [6.07, 6.45) is 4.08. The summed E-state index contributed by atoms with van der Waals surface area (Å²) >= 11 is 0. The largest absolute Gasteiger partial charge is 0.355 e. The van der Waals surface area contributed by atoms with Crippen molar-refractivity contribution < 1.29 is 0 Å². The van der Waals surface area contributed by atoms with Gasteiger partial charge in [0.05, 0.1) is 11.6 Å². The maximum Gasteiger partial charge on any atom is 0.229 e. The molecule has 3 N–H and O–H groups in total. The number of nitrogens with two attached hydrogens (primary N) is 1. The van der Waals surface area contributed by atoms with Gasteiger partial charge in [-0.1, -0.05) is 19.4 Å². The van der Waals surface area contributed by atoms with E-state index in [9.17, 15) is 0 Å². The SMILES string of the molecule is CCCc1cc(N2CCC[C@@H](N)C2)nc(Nc2cccc(C#N)c2)n1.Cl.Cl. The second-order valence-electron chi connectivity index (χ2n) is 6.46. The number of aryl methyl sites for hydroxylation is 1. The first-order valence-corrected chi connectivity index (χ1v) is 8.83. The normalized spacial score (nSPS) is 15.9. The zero-order valence-corrected chi connectivity index (χ0v) is 17.0. The molecule has 1 aromatic heterocycles. The summed E-state index contributed by atoms with van der Waals surface area (Å²) in [6.45, 7) is 3.94. The summed E-state index contributed by atoms with van der Waals surface area (Å²) in [6, 6.07) is 11.7. The van der Waals surface area contributed by atoms with Crippen molar-refractivity contribution in [3.8, 4) is 6.07 Å². The molecule has 1 saturated heterocycles. The van der Waals surface area contributed by atoms with Crippen LogP contribution in [0.5, 0.6) is 0 Å². The quantitative estimate of drug-likeness (QED) is 0.780. The van der Waals surface area contributed by atoms with Crippen LogP contribution in [0.4, 0.5) is 17.5 Å². The highest BCUT2D eigenvalue weighted by molar-refractivity contribution is 5.85. The third kappa shape index (κ3) is 6.24. The first kappa shape index (κ1) is 23.0. The van der Waals surface area contributed by atoms with Crippen LogP contribution >= 0.6 is 24.8 Å². The van der Waals surface area contributed by atoms with Crippen LogP contribution in [-0.4, -0.2) is 29.1 Å². The number of halogens is 2. The zero-order chi connectivity index (χ0) is 17.6. The van der Waals surface area contributed by atoms with Crippen molar-refractivity contribution in [3.05, 3.63) is 41.6 Å². The summed E-state index contributed by atoms with van der Waals surface area (Å²) in [5.74, 6) is 1.49. The molecule has 146 valence electrons. The van der Waals surface area contributed by atoms with E-state index in [1.165, 1.54) is 0 Å². The Hall–Kier alpha value is -2.07. The molecule has 1 atom stereocenters. The molecule has 1 aromatic carbocycles. The Balaban J connectivity index is 0.00000182. The number of aromatic nitrogens is 2. The van der Waals surface area contributed by atoms with Crippen LogP contribution in [-0.2, 0) is 6.42 Å². The van der Waals surface area contributed by atoms with Gasteiger partial charge in [0, 0.05) is 36.6 Å². The predicted molar refractivity (Wildman–Crippen MR) is 114 cm³/mol. The highest BCUT2D eigenvalue weighted by Crippen LogP contribution is 2.22. The highest BCUT2D eigenvalue weighted by atomic mass is 35.5. The molecule has 0 amide bonds. The minimum Gasteiger partial charge on any atom is -0.355 e. The van der Waals surface area contributed by atoms with Crippen molar-refractivity contribution in [2.75, 3.05) is 23.3 Å². The molecular weight excluding hydrogens is 383 g/mol. The van der Waals surface area contributed by atoms with E-state index >= 15 is 0 Å². The second-order valence-corrected chi connectivity index (χ2v) is 6.46. The topological polar surface area (TPSA) is 90.9 Å². The van der Waals surface area contributed by atoms with Gasteiger partial charge in [0.2, 0.25) is 5.95 Å². The Labute approximate surface area is 173 Å². The van der Waals surface area contributed by atoms with Gasteiger partial charge in [-0.3, -0.25) is 0 Å². The standard InChI is InChI=1S/C19H24N6.2ClH/c1-2-5-16-11-18(25-9-4-7-15(21)13-25)24-19(22-16)23-17-8-3-6-14(10-17)12-20;;/h3,6,8,10-11,15H,2,4-5,7,9,13,21H2,1H3,(H,22,23,24);2*1H/t15-;;/m1../s1. The van der Waals surface area contributed by atoms with Gasteiger partial charge >= 0.3 is 0 Å². The van der Waals surface area contributed by atoms with Gasteiger partial charge in [-0.15, -0.1) is 24.8 Å². The summed E-state index contributed by atoms with van der Waals surface area (Å²) in [4.78, 5) is 11.6. The average Bonchev–Trinajstić information content (AvgIpc) is 2.62. The van der Waals surface area contributed by atoms with Crippen molar-refractivity contribution in [1.29, 1.82) is 5.26 Å². The molecular formula is C19H26Cl2N6. The van der Waals surface area contributed by atoms with Crippen LogP contribution in [0, 0.1) is 11.3 Å². The third-order valence-electron chi connectivity index (χ3n) is 4.30. The molecule has 0 saturated carbocycles. The van der Waals surface area contributed by atoms with Crippen LogP contribution in [0.1, 0.15) is 37.4 Å². The molecule has 3 rings (SSSR count). The molecule has 1 aliphatic rings. The van der Waals surface area contributed by atoms with Gasteiger partial charge in [0.25, 0.3) is 0 Å². The lowest BCUT2D eigenvalue weighted by Gasteiger charge is -2.32. The average molecular weight is 409 g/mol. The number of nitriles is 1. The van der Waals surface area contributed by atoms with Crippen LogP contribution in [0.2, 0.25) is 0 Å². The van der Waals surface area contributed by atoms with E-state index in [-0.39, 0.29) is 30.9 Å². The van der Waals surface area contributed by atoms with Gasteiger partial charge in [-0.2, -0.15) is 10.2 Å². The molecule has 1 fully saturated rings. The summed E-state index contributed by atoms with van der Waals surface area (Å²) in [5, 5.41) is 12.3. The lowest BCUT2D eigenvalue weighted by atomic mass is 10.1. The molecule has 0 radical (unpaired) electrons. The van der Waals surface area contributed by atoms with Crippen LogP contribution in [0.15, 0.2) is 30.3 Å². The fourth-order valence-corrected chi connectivity index (χ4v) is 3.10. The maximum absolute atomic E-state index is 9.05. The van der Waals surface area contributed by atoms with Crippen molar-refractivity contribution in [2.45, 2.75) is 38.6 Å². The number of benzene rings is 1.